The molecule has 0 aliphatic carbocycles. The molecule has 81 heavy (non-hydrogen) atoms. The fourth-order valence-electron chi connectivity index (χ4n) is 9.51. The molecule has 2 heterocycles. The van der Waals surface area contributed by atoms with Gasteiger partial charge in [-0.2, -0.15) is 0 Å². The summed E-state index contributed by atoms with van der Waals surface area (Å²) in [4.78, 5) is 20.0. The molecule has 0 bridgehead atoms. The predicted molar refractivity (Wildman–Crippen MR) is 339 cm³/mol. The first-order valence-corrected chi connectivity index (χ1v) is 28.3. The van der Waals surface area contributed by atoms with Crippen molar-refractivity contribution in [2.45, 2.75) is 52.4 Å². The van der Waals surface area contributed by atoms with Crippen LogP contribution < -0.4 is 0 Å². The topological polar surface area (TPSA) is 91.0 Å². The van der Waals surface area contributed by atoms with Gasteiger partial charge in [0.1, 0.15) is 21.5 Å². The fraction of sp³-hybridized carbons (Fsp3) is 0.111. The molecule has 2 N–H and O–H groups in total. The molecule has 12 rings (SSSR count). The van der Waals surface area contributed by atoms with E-state index in [1.165, 1.54) is 11.1 Å². The summed E-state index contributed by atoms with van der Waals surface area (Å²) in [6.07, 6.45) is 3.47. The third-order valence-electron chi connectivity index (χ3n) is 14.0. The molecule has 2 aromatic heterocycles. The molecule has 9 heteroatoms. The van der Waals surface area contributed by atoms with E-state index in [2.05, 4.69) is 139 Å². The van der Waals surface area contributed by atoms with Gasteiger partial charge in [0.25, 0.3) is 0 Å². The monoisotopic (exact) mass is 1270 g/mol. The molecule has 0 saturated heterocycles. The molecular weight excluding hydrogens is 1210 g/mol. The number of nitrogens with zero attached hydrogens (tertiary/aromatic N) is 4. The quantitative estimate of drug-likeness (QED) is 0.105. The molecule has 0 aliphatic heterocycles. The number of fused-ring (bicyclic) bond motifs is 2. The molecule has 10 aromatic carbocycles. The molecule has 6 nitrogen and oxygen atoms in total. The summed E-state index contributed by atoms with van der Waals surface area (Å²) in [6, 6.07) is 78.6. The summed E-state index contributed by atoms with van der Waals surface area (Å²) in [5.41, 5.74) is 18.1. The van der Waals surface area contributed by atoms with Crippen molar-refractivity contribution >= 4 is 66.9 Å². The maximum absolute atomic E-state index is 10.6. The Hall–Kier alpha value is -8.39. The van der Waals surface area contributed by atoms with Crippen molar-refractivity contribution in [3.05, 3.63) is 253 Å². The maximum Gasteiger partial charge on any atom is 0.126 e. The van der Waals surface area contributed by atoms with Gasteiger partial charge in [-0.1, -0.05) is 181 Å². The van der Waals surface area contributed by atoms with Crippen molar-refractivity contribution in [3.8, 4) is 77.1 Å². The van der Waals surface area contributed by atoms with Crippen LogP contribution in [0.3, 0.4) is 0 Å². The fourth-order valence-corrected chi connectivity index (χ4v) is 11.6. The molecule has 0 atom stereocenters. The molecule has 0 fully saturated rings. The van der Waals surface area contributed by atoms with Gasteiger partial charge in [-0.05, 0) is 117 Å². The van der Waals surface area contributed by atoms with Crippen LogP contribution >= 0.6 is 22.7 Å². The van der Waals surface area contributed by atoms with Crippen molar-refractivity contribution in [1.29, 1.82) is 0 Å². The van der Waals surface area contributed by atoms with Crippen molar-refractivity contribution in [2.75, 3.05) is 0 Å². The smallest absolute Gasteiger partial charge is 0.126 e. The van der Waals surface area contributed by atoms with Crippen LogP contribution in [0, 0.1) is 6.07 Å². The maximum atomic E-state index is 10.6. The van der Waals surface area contributed by atoms with Gasteiger partial charge in [-0.3, -0.25) is 9.98 Å². The standard InChI is InChI=1S/C36H30N2OS.C36H29N2OS.Pt/c2*1-36(2,3)28-21-30(25-14-8-5-9-15-25)34-33(22-28)40-35(38-34)29-16-10-11-17-31(29)37-23-27-20-26(18-19-32(27)39)24-12-6-4-7-13-24;/h4-23,39H,1-3H3;4-14,16-23,39H,1-3H3;/q;-1;. The van der Waals surface area contributed by atoms with Crippen LogP contribution in [-0.4, -0.2) is 32.6 Å². The number of aromatic nitrogens is 2. The predicted octanol–water partition coefficient (Wildman–Crippen LogP) is 19.9. The Labute approximate surface area is 496 Å². The average Bonchev–Trinajstić information content (AvgIpc) is 4.33. The van der Waals surface area contributed by atoms with E-state index in [-0.39, 0.29) is 43.4 Å². The molecule has 0 unspecified atom stereocenters. The van der Waals surface area contributed by atoms with E-state index in [0.29, 0.717) is 11.1 Å². The summed E-state index contributed by atoms with van der Waals surface area (Å²) in [6.45, 7) is 13.5. The van der Waals surface area contributed by atoms with Crippen molar-refractivity contribution in [3.63, 3.8) is 0 Å². The Morgan fingerprint density at radius 3 is 1.26 bits per heavy atom. The molecule has 0 spiro atoms. The number of phenols is 2. The summed E-state index contributed by atoms with van der Waals surface area (Å²) in [5.74, 6) is 0.391. The van der Waals surface area contributed by atoms with Gasteiger partial charge in [0.05, 0.1) is 21.6 Å². The average molecular weight is 1270 g/mol. The number of aromatic hydroxyl groups is 2. The minimum absolute atomic E-state index is 0. The Kier molecular flexibility index (Phi) is 16.7. The van der Waals surface area contributed by atoms with Crippen LogP contribution in [0.25, 0.3) is 86.1 Å². The molecule has 402 valence electrons. The minimum Gasteiger partial charge on any atom is -0.507 e. The van der Waals surface area contributed by atoms with E-state index in [1.807, 2.05) is 121 Å². The first kappa shape index (κ1) is 55.9. The first-order valence-electron chi connectivity index (χ1n) is 26.7. The van der Waals surface area contributed by atoms with Crippen LogP contribution in [0.5, 0.6) is 11.5 Å². The van der Waals surface area contributed by atoms with Crippen LogP contribution in [0.2, 0.25) is 0 Å². The SMILES string of the molecule is CC(C)(C)c1cc(-c2[c-]cccc2)c2nc(-c3ccccc3N=Cc3cc(-c4ccccc4)ccc3O)sc2c1.CC(C)(C)c1cc(-c2ccccc2)c2nc(-c3ccccc3N=Cc3cc(-c4ccccc4)ccc3O)sc2c1.[Pt]. The van der Waals surface area contributed by atoms with Crippen LogP contribution in [0.4, 0.5) is 11.4 Å². The summed E-state index contributed by atoms with van der Waals surface area (Å²) in [7, 11) is 0. The number of thiazole rings is 2. The number of hydrogen-bond acceptors (Lipinski definition) is 8. The van der Waals surface area contributed by atoms with Crippen LogP contribution in [-0.2, 0) is 31.9 Å². The van der Waals surface area contributed by atoms with E-state index in [0.717, 1.165) is 97.5 Å². The third kappa shape index (κ3) is 12.7. The Bertz CT molecular complexity index is 3940. The molecule has 12 aromatic rings. The van der Waals surface area contributed by atoms with Gasteiger partial charge in [0, 0.05) is 71.5 Å². The number of hydrogen-bond donors (Lipinski definition) is 2. The Morgan fingerprint density at radius 2 is 0.815 bits per heavy atom. The largest absolute Gasteiger partial charge is 0.507 e. The number of para-hydroxylation sites is 2. The van der Waals surface area contributed by atoms with Crippen molar-refractivity contribution in [2.24, 2.45) is 9.98 Å². The number of phenolic OH excluding ortho intramolecular Hbond substituents is 2. The number of aliphatic imine (C=N–C) groups is 2. The zero-order chi connectivity index (χ0) is 55.4. The van der Waals surface area contributed by atoms with E-state index in [4.69, 9.17) is 20.0 Å². The van der Waals surface area contributed by atoms with Crippen LogP contribution in [0.15, 0.2) is 234 Å². The van der Waals surface area contributed by atoms with Crippen molar-refractivity contribution in [1.82, 2.24) is 9.97 Å². The Balaban J connectivity index is 0.000000180. The van der Waals surface area contributed by atoms with E-state index in [1.54, 1.807) is 47.2 Å². The first-order chi connectivity index (χ1) is 38.7. The van der Waals surface area contributed by atoms with E-state index in [9.17, 15) is 10.2 Å². The molecule has 0 saturated carbocycles. The summed E-state index contributed by atoms with van der Waals surface area (Å²) >= 11 is 3.37. The van der Waals surface area contributed by atoms with Gasteiger partial charge in [0.2, 0.25) is 0 Å². The Morgan fingerprint density at radius 1 is 0.407 bits per heavy atom. The second-order valence-corrected chi connectivity index (χ2v) is 23.8. The van der Waals surface area contributed by atoms with Gasteiger partial charge in [0.15, 0.2) is 0 Å². The third-order valence-corrected chi connectivity index (χ3v) is 16.1. The van der Waals surface area contributed by atoms with Gasteiger partial charge in [-0.25, -0.2) is 9.97 Å². The normalized spacial score (nSPS) is 11.7. The number of rotatable bonds is 10. The van der Waals surface area contributed by atoms with Crippen molar-refractivity contribution < 1.29 is 31.3 Å². The molecule has 0 aliphatic rings. The van der Waals surface area contributed by atoms with Gasteiger partial charge >= 0.3 is 0 Å². The van der Waals surface area contributed by atoms with Gasteiger partial charge in [-0.15, -0.1) is 58.6 Å². The van der Waals surface area contributed by atoms with Gasteiger partial charge < -0.3 is 10.2 Å². The van der Waals surface area contributed by atoms with E-state index < -0.39 is 0 Å². The second kappa shape index (κ2) is 24.1. The zero-order valence-corrected chi connectivity index (χ0v) is 49.7. The minimum atomic E-state index is 0. The van der Waals surface area contributed by atoms with E-state index >= 15 is 0 Å². The zero-order valence-electron chi connectivity index (χ0n) is 45.8. The molecule has 0 amide bonds. The summed E-state index contributed by atoms with van der Waals surface area (Å²) < 4.78 is 2.30. The molecule has 0 radical (unpaired) electrons. The molecular formula is C72H59N4O2PtS2-. The summed E-state index contributed by atoms with van der Waals surface area (Å²) in [5, 5.41) is 23.0. The van der Waals surface area contributed by atoms with Crippen LogP contribution in [0.1, 0.15) is 63.8 Å². The second-order valence-electron chi connectivity index (χ2n) is 21.8. The number of benzene rings is 10.